The largest absolute Gasteiger partial charge is 0.360 e. The van der Waals surface area contributed by atoms with Crippen LogP contribution >= 0.6 is 0 Å². The summed E-state index contributed by atoms with van der Waals surface area (Å²) in [7, 11) is 0. The van der Waals surface area contributed by atoms with E-state index in [1.807, 2.05) is 6.07 Å². The minimum Gasteiger partial charge on any atom is -0.360 e. The van der Waals surface area contributed by atoms with Gasteiger partial charge in [0.1, 0.15) is 6.07 Å². The summed E-state index contributed by atoms with van der Waals surface area (Å²) in [6, 6.07) is 3.92. The second-order valence-electron chi connectivity index (χ2n) is 2.24. The van der Waals surface area contributed by atoms with Gasteiger partial charge in [-0.3, -0.25) is 4.98 Å². The monoisotopic (exact) mass is 143 g/mol. The van der Waals surface area contributed by atoms with Gasteiger partial charge in [0.15, 0.2) is 0 Å². The molecule has 2 aromatic heterocycles. The molecule has 2 rings (SSSR count). The molecule has 0 aliphatic rings. The second-order valence-corrected chi connectivity index (χ2v) is 2.24. The highest BCUT2D eigenvalue weighted by atomic mass is 14.7. The van der Waals surface area contributed by atoms with E-state index >= 15 is 0 Å². The molecule has 0 amide bonds. The van der Waals surface area contributed by atoms with Gasteiger partial charge < -0.3 is 4.98 Å². The quantitative estimate of drug-likeness (QED) is 0.606. The molecular weight excluding hydrogens is 138 g/mol. The first-order valence-electron chi connectivity index (χ1n) is 3.23. The molecular formula is C8H5N3. The number of rotatable bonds is 0. The van der Waals surface area contributed by atoms with Crippen LogP contribution in [0.4, 0.5) is 0 Å². The van der Waals surface area contributed by atoms with Crippen molar-refractivity contribution in [2.45, 2.75) is 0 Å². The van der Waals surface area contributed by atoms with Crippen molar-refractivity contribution in [1.82, 2.24) is 9.97 Å². The summed E-state index contributed by atoms with van der Waals surface area (Å²) in [5, 5.41) is 9.51. The average molecular weight is 143 g/mol. The molecule has 2 aromatic rings. The number of nitrogens with zero attached hydrogens (tertiary/aromatic N) is 2. The fourth-order valence-electron chi connectivity index (χ4n) is 1.06. The molecule has 0 atom stereocenters. The van der Waals surface area contributed by atoms with Crippen LogP contribution in [0.15, 0.2) is 24.7 Å². The van der Waals surface area contributed by atoms with Crippen molar-refractivity contribution in [2.24, 2.45) is 0 Å². The maximum atomic E-state index is 8.63. The standard InChI is InChI=1S/C8H5N3/c9-3-6-4-11-8-1-2-10-5-7(6)8/h1-2,4-5,11H. The van der Waals surface area contributed by atoms with E-state index in [-0.39, 0.29) is 0 Å². The summed E-state index contributed by atoms with van der Waals surface area (Å²) in [5.74, 6) is 0. The molecule has 0 saturated heterocycles. The summed E-state index contributed by atoms with van der Waals surface area (Å²) >= 11 is 0. The fourth-order valence-corrected chi connectivity index (χ4v) is 1.06. The predicted molar refractivity (Wildman–Crippen MR) is 40.8 cm³/mol. The van der Waals surface area contributed by atoms with Gasteiger partial charge in [-0.25, -0.2) is 0 Å². The molecule has 0 spiro atoms. The fraction of sp³-hybridized carbons (Fsp3) is 0. The Balaban J connectivity index is 2.89. The lowest BCUT2D eigenvalue weighted by molar-refractivity contribution is 1.36. The maximum Gasteiger partial charge on any atom is 0.101 e. The van der Waals surface area contributed by atoms with Crippen molar-refractivity contribution < 1.29 is 0 Å². The molecule has 0 fully saturated rings. The topological polar surface area (TPSA) is 52.5 Å². The zero-order valence-corrected chi connectivity index (χ0v) is 5.70. The van der Waals surface area contributed by atoms with Crippen LogP contribution < -0.4 is 0 Å². The van der Waals surface area contributed by atoms with Crippen molar-refractivity contribution in [1.29, 1.82) is 5.26 Å². The van der Waals surface area contributed by atoms with Crippen LogP contribution in [-0.2, 0) is 0 Å². The zero-order chi connectivity index (χ0) is 7.68. The van der Waals surface area contributed by atoms with E-state index in [4.69, 9.17) is 5.26 Å². The van der Waals surface area contributed by atoms with E-state index in [1.54, 1.807) is 18.6 Å². The van der Waals surface area contributed by atoms with Crippen molar-refractivity contribution in [3.8, 4) is 6.07 Å². The van der Waals surface area contributed by atoms with Crippen LogP contribution in [-0.4, -0.2) is 9.97 Å². The number of H-pyrrole nitrogens is 1. The third-order valence-corrected chi connectivity index (χ3v) is 1.60. The smallest absolute Gasteiger partial charge is 0.101 e. The Labute approximate surface area is 63.3 Å². The lowest BCUT2D eigenvalue weighted by Crippen LogP contribution is -1.71. The third kappa shape index (κ3) is 0.767. The van der Waals surface area contributed by atoms with Crippen molar-refractivity contribution in [2.75, 3.05) is 0 Å². The summed E-state index contributed by atoms with van der Waals surface area (Å²) in [4.78, 5) is 6.90. The Morgan fingerprint density at radius 1 is 1.55 bits per heavy atom. The summed E-state index contributed by atoms with van der Waals surface area (Å²) in [6.45, 7) is 0. The minimum absolute atomic E-state index is 0.646. The molecule has 0 aliphatic carbocycles. The normalized spacial score (nSPS) is 9.73. The Hall–Kier alpha value is -1.82. The van der Waals surface area contributed by atoms with Crippen LogP contribution in [0.2, 0.25) is 0 Å². The molecule has 3 heteroatoms. The number of fused-ring (bicyclic) bond motifs is 1. The molecule has 1 N–H and O–H groups in total. The Morgan fingerprint density at radius 3 is 3.27 bits per heavy atom. The van der Waals surface area contributed by atoms with Crippen LogP contribution in [0.5, 0.6) is 0 Å². The van der Waals surface area contributed by atoms with Crippen LogP contribution in [0.3, 0.4) is 0 Å². The Bertz CT molecular complexity index is 422. The highest BCUT2D eigenvalue weighted by molar-refractivity contribution is 5.84. The van der Waals surface area contributed by atoms with E-state index in [1.165, 1.54) is 0 Å². The summed E-state index contributed by atoms with van der Waals surface area (Å²) in [6.07, 6.45) is 5.07. The van der Waals surface area contributed by atoms with Gasteiger partial charge in [0.25, 0.3) is 0 Å². The zero-order valence-electron chi connectivity index (χ0n) is 5.70. The van der Waals surface area contributed by atoms with Crippen molar-refractivity contribution in [3.63, 3.8) is 0 Å². The first-order valence-corrected chi connectivity index (χ1v) is 3.23. The summed E-state index contributed by atoms with van der Waals surface area (Å²) < 4.78 is 0. The third-order valence-electron chi connectivity index (χ3n) is 1.60. The first kappa shape index (κ1) is 5.93. The SMILES string of the molecule is N#Cc1c[nH]c2ccncc12. The average Bonchev–Trinajstić information content (AvgIpc) is 2.47. The van der Waals surface area contributed by atoms with Crippen molar-refractivity contribution >= 4 is 10.9 Å². The van der Waals surface area contributed by atoms with Gasteiger partial charge in [-0.1, -0.05) is 0 Å². The van der Waals surface area contributed by atoms with E-state index in [9.17, 15) is 0 Å². The number of nitriles is 1. The molecule has 0 unspecified atom stereocenters. The second kappa shape index (κ2) is 2.10. The van der Waals surface area contributed by atoms with E-state index in [2.05, 4.69) is 16.0 Å². The van der Waals surface area contributed by atoms with Crippen LogP contribution in [0, 0.1) is 11.3 Å². The predicted octanol–water partition coefficient (Wildman–Crippen LogP) is 1.43. The lowest BCUT2D eigenvalue weighted by Gasteiger charge is -1.84. The van der Waals surface area contributed by atoms with Gasteiger partial charge in [-0.05, 0) is 6.07 Å². The molecule has 0 radical (unpaired) electrons. The number of nitrogens with one attached hydrogen (secondary N) is 1. The first-order chi connectivity index (χ1) is 5.42. The maximum absolute atomic E-state index is 8.63. The van der Waals surface area contributed by atoms with Gasteiger partial charge in [0.2, 0.25) is 0 Å². The van der Waals surface area contributed by atoms with Gasteiger partial charge >= 0.3 is 0 Å². The van der Waals surface area contributed by atoms with Crippen molar-refractivity contribution in [3.05, 3.63) is 30.2 Å². The Kier molecular flexibility index (Phi) is 1.13. The molecule has 0 aliphatic heterocycles. The molecule has 0 bridgehead atoms. The van der Waals surface area contributed by atoms with Gasteiger partial charge in [-0.15, -0.1) is 0 Å². The van der Waals surface area contributed by atoms with Crippen LogP contribution in [0.1, 0.15) is 5.56 Å². The molecule has 3 nitrogen and oxygen atoms in total. The molecule has 52 valence electrons. The number of hydrogen-bond donors (Lipinski definition) is 1. The highest BCUT2D eigenvalue weighted by Crippen LogP contribution is 2.14. The molecule has 0 aromatic carbocycles. The van der Waals surface area contributed by atoms with Gasteiger partial charge in [0.05, 0.1) is 5.56 Å². The highest BCUT2D eigenvalue weighted by Gasteiger charge is 1.99. The Morgan fingerprint density at radius 2 is 2.45 bits per heavy atom. The van der Waals surface area contributed by atoms with Crippen LogP contribution in [0.25, 0.3) is 10.9 Å². The number of aromatic amines is 1. The number of pyridine rings is 1. The van der Waals surface area contributed by atoms with E-state index in [0.717, 1.165) is 10.9 Å². The molecule has 2 heterocycles. The molecule has 11 heavy (non-hydrogen) atoms. The molecule has 0 saturated carbocycles. The van der Waals surface area contributed by atoms with E-state index in [0.29, 0.717) is 5.56 Å². The van der Waals surface area contributed by atoms with Gasteiger partial charge in [-0.2, -0.15) is 5.26 Å². The number of hydrogen-bond acceptors (Lipinski definition) is 2. The van der Waals surface area contributed by atoms with Gasteiger partial charge in [0, 0.05) is 29.5 Å². The minimum atomic E-state index is 0.646. The van der Waals surface area contributed by atoms with E-state index < -0.39 is 0 Å². The summed E-state index contributed by atoms with van der Waals surface area (Å²) in [5.41, 5.74) is 1.60. The lowest BCUT2D eigenvalue weighted by atomic mass is 10.2. The number of aromatic nitrogens is 2.